The molecule has 0 saturated carbocycles. The molecule has 0 aromatic heterocycles. The van der Waals surface area contributed by atoms with Crippen molar-refractivity contribution in [3.63, 3.8) is 0 Å². The first-order valence-corrected chi connectivity index (χ1v) is 8.69. The van der Waals surface area contributed by atoms with Crippen LogP contribution in [0.25, 0.3) is 0 Å². The molecule has 152 valence electrons. The molecule has 8 heteroatoms. The Morgan fingerprint density at radius 1 is 1.11 bits per heavy atom. The van der Waals surface area contributed by atoms with Crippen LogP contribution in [0, 0.1) is 0 Å². The lowest BCUT2D eigenvalue weighted by atomic mass is 10.0. The van der Waals surface area contributed by atoms with Gasteiger partial charge < -0.3 is 20.3 Å². The first-order chi connectivity index (χ1) is 13.2. The lowest BCUT2D eigenvalue weighted by Gasteiger charge is -2.26. The van der Waals surface area contributed by atoms with Crippen LogP contribution in [-0.2, 0) is 12.7 Å². The summed E-state index contributed by atoms with van der Waals surface area (Å²) in [4.78, 5) is 14.1. The van der Waals surface area contributed by atoms with Crippen LogP contribution in [0.3, 0.4) is 0 Å². The Morgan fingerprint density at radius 3 is 2.46 bits per heavy atom. The summed E-state index contributed by atoms with van der Waals surface area (Å²) in [5.74, 6) is 0.715. The molecule has 2 rings (SSSR count). The summed E-state index contributed by atoms with van der Waals surface area (Å²) in [5, 5.41) is 5.34. The Balaban J connectivity index is 1.95. The number of likely N-dealkylation sites (N-methyl/N-ethyl adjacent to an activating group) is 1. The Bertz CT molecular complexity index is 794. The van der Waals surface area contributed by atoms with Crippen molar-refractivity contribution in [1.29, 1.82) is 0 Å². The van der Waals surface area contributed by atoms with Crippen LogP contribution in [0.5, 0.6) is 5.75 Å². The molecule has 0 aliphatic carbocycles. The fourth-order valence-electron chi connectivity index (χ4n) is 2.80. The molecule has 1 unspecified atom stereocenters. The minimum atomic E-state index is -4.41. The fourth-order valence-corrected chi connectivity index (χ4v) is 2.80. The Morgan fingerprint density at radius 2 is 1.82 bits per heavy atom. The molecule has 0 spiro atoms. The van der Waals surface area contributed by atoms with E-state index in [1.54, 1.807) is 7.11 Å². The van der Waals surface area contributed by atoms with E-state index in [1.807, 2.05) is 43.3 Å². The van der Waals surface area contributed by atoms with Crippen LogP contribution in [0.4, 0.5) is 18.0 Å². The molecule has 1 atom stereocenters. The highest BCUT2D eigenvalue weighted by atomic mass is 19.4. The van der Waals surface area contributed by atoms with E-state index in [9.17, 15) is 18.0 Å². The number of amides is 2. The summed E-state index contributed by atoms with van der Waals surface area (Å²) in [6.07, 6.45) is -4.41. The molecule has 28 heavy (non-hydrogen) atoms. The molecular formula is C20H24F3N3O2. The van der Waals surface area contributed by atoms with E-state index in [0.29, 0.717) is 17.9 Å². The molecule has 0 aliphatic rings. The first kappa shape index (κ1) is 21.6. The van der Waals surface area contributed by atoms with Crippen molar-refractivity contribution < 1.29 is 22.7 Å². The second-order valence-corrected chi connectivity index (χ2v) is 6.48. The average Bonchev–Trinajstić information content (AvgIpc) is 2.66. The van der Waals surface area contributed by atoms with Crippen LogP contribution >= 0.6 is 0 Å². The van der Waals surface area contributed by atoms with Gasteiger partial charge in [0.1, 0.15) is 5.75 Å². The molecule has 2 aromatic carbocycles. The number of alkyl halides is 3. The zero-order chi connectivity index (χ0) is 20.7. The third-order valence-corrected chi connectivity index (χ3v) is 4.28. The van der Waals surface area contributed by atoms with Gasteiger partial charge in [-0.05, 0) is 37.9 Å². The number of para-hydroxylation sites is 1. The van der Waals surface area contributed by atoms with Crippen LogP contribution < -0.4 is 15.4 Å². The van der Waals surface area contributed by atoms with Crippen molar-refractivity contribution >= 4 is 6.03 Å². The topological polar surface area (TPSA) is 53.6 Å². The zero-order valence-corrected chi connectivity index (χ0v) is 16.0. The molecular weight excluding hydrogens is 371 g/mol. The molecule has 0 heterocycles. The third-order valence-electron chi connectivity index (χ3n) is 4.28. The number of halogens is 3. The SMILES string of the molecule is COc1ccccc1C(CNC(=O)NCc1cccc(C(F)(F)F)c1)N(C)C. The summed E-state index contributed by atoms with van der Waals surface area (Å²) in [6.45, 7) is 0.304. The number of nitrogens with one attached hydrogen (secondary N) is 2. The number of hydrogen-bond acceptors (Lipinski definition) is 3. The van der Waals surface area contributed by atoms with Gasteiger partial charge in [-0.3, -0.25) is 0 Å². The van der Waals surface area contributed by atoms with Gasteiger partial charge in [-0.15, -0.1) is 0 Å². The van der Waals surface area contributed by atoms with Gasteiger partial charge in [0.25, 0.3) is 0 Å². The maximum Gasteiger partial charge on any atom is 0.416 e. The smallest absolute Gasteiger partial charge is 0.416 e. The molecule has 5 nitrogen and oxygen atoms in total. The van der Waals surface area contributed by atoms with Gasteiger partial charge in [0, 0.05) is 18.7 Å². The Hall–Kier alpha value is -2.74. The van der Waals surface area contributed by atoms with Crippen LogP contribution in [0.1, 0.15) is 22.7 Å². The maximum atomic E-state index is 12.8. The summed E-state index contributed by atoms with van der Waals surface area (Å²) >= 11 is 0. The normalized spacial score (nSPS) is 12.5. The van der Waals surface area contributed by atoms with E-state index < -0.39 is 17.8 Å². The number of ether oxygens (including phenoxy) is 1. The number of urea groups is 1. The van der Waals surface area contributed by atoms with Crippen molar-refractivity contribution in [2.45, 2.75) is 18.8 Å². The van der Waals surface area contributed by atoms with Crippen molar-refractivity contribution in [2.75, 3.05) is 27.7 Å². The highest BCUT2D eigenvalue weighted by molar-refractivity contribution is 5.73. The van der Waals surface area contributed by atoms with Gasteiger partial charge in [-0.2, -0.15) is 13.2 Å². The van der Waals surface area contributed by atoms with Crippen LogP contribution in [0.15, 0.2) is 48.5 Å². The van der Waals surface area contributed by atoms with Crippen LogP contribution in [-0.4, -0.2) is 38.7 Å². The quantitative estimate of drug-likeness (QED) is 0.750. The van der Waals surface area contributed by atoms with Gasteiger partial charge in [-0.1, -0.05) is 30.3 Å². The van der Waals surface area contributed by atoms with E-state index in [0.717, 1.165) is 17.7 Å². The summed E-state index contributed by atoms with van der Waals surface area (Å²) in [7, 11) is 5.36. The predicted molar refractivity (Wildman–Crippen MR) is 101 cm³/mol. The second kappa shape index (κ2) is 9.45. The van der Waals surface area contributed by atoms with E-state index in [2.05, 4.69) is 10.6 Å². The van der Waals surface area contributed by atoms with Gasteiger partial charge in [0.05, 0.1) is 18.7 Å². The zero-order valence-electron chi connectivity index (χ0n) is 16.0. The van der Waals surface area contributed by atoms with Crippen molar-refractivity contribution in [3.8, 4) is 5.75 Å². The van der Waals surface area contributed by atoms with E-state index >= 15 is 0 Å². The third kappa shape index (κ3) is 5.88. The molecule has 0 bridgehead atoms. The number of methoxy groups -OCH3 is 1. The Labute approximate surface area is 162 Å². The summed E-state index contributed by atoms with van der Waals surface area (Å²) < 4.78 is 43.7. The van der Waals surface area contributed by atoms with E-state index in [1.165, 1.54) is 12.1 Å². The highest BCUT2D eigenvalue weighted by Crippen LogP contribution is 2.29. The number of benzene rings is 2. The minimum absolute atomic E-state index is 0.00293. The summed E-state index contributed by atoms with van der Waals surface area (Å²) in [6, 6.07) is 11.8. The molecule has 0 fully saturated rings. The van der Waals surface area contributed by atoms with Gasteiger partial charge in [-0.25, -0.2) is 4.79 Å². The number of carbonyl (C=O) groups is 1. The average molecular weight is 395 g/mol. The molecule has 0 aliphatic heterocycles. The summed E-state index contributed by atoms with van der Waals surface area (Å²) in [5.41, 5.74) is 0.558. The minimum Gasteiger partial charge on any atom is -0.496 e. The Kier molecular flexibility index (Phi) is 7.28. The largest absolute Gasteiger partial charge is 0.496 e. The second-order valence-electron chi connectivity index (χ2n) is 6.48. The molecule has 2 N–H and O–H groups in total. The number of hydrogen-bond donors (Lipinski definition) is 2. The number of carbonyl (C=O) groups excluding carboxylic acids is 1. The van der Waals surface area contributed by atoms with Crippen molar-refractivity contribution in [1.82, 2.24) is 15.5 Å². The highest BCUT2D eigenvalue weighted by Gasteiger charge is 2.30. The standard InChI is InChI=1S/C20H24F3N3O2/c1-26(2)17(16-9-4-5-10-18(16)28-3)13-25-19(27)24-12-14-7-6-8-15(11-14)20(21,22)23/h4-11,17H,12-13H2,1-3H3,(H2,24,25,27). The van der Waals surface area contributed by atoms with Crippen molar-refractivity contribution in [3.05, 3.63) is 65.2 Å². The van der Waals surface area contributed by atoms with E-state index in [-0.39, 0.29) is 12.6 Å². The monoisotopic (exact) mass is 395 g/mol. The predicted octanol–water partition coefficient (Wildman–Crippen LogP) is 3.82. The van der Waals surface area contributed by atoms with Gasteiger partial charge in [0.2, 0.25) is 0 Å². The molecule has 0 saturated heterocycles. The lowest BCUT2D eigenvalue weighted by molar-refractivity contribution is -0.137. The molecule has 2 amide bonds. The first-order valence-electron chi connectivity index (χ1n) is 8.69. The fraction of sp³-hybridized carbons (Fsp3) is 0.350. The van der Waals surface area contributed by atoms with Gasteiger partial charge >= 0.3 is 12.2 Å². The van der Waals surface area contributed by atoms with Crippen LogP contribution in [0.2, 0.25) is 0 Å². The number of nitrogens with zero attached hydrogens (tertiary/aromatic N) is 1. The maximum absolute atomic E-state index is 12.8. The molecule has 2 aromatic rings. The van der Waals surface area contributed by atoms with Gasteiger partial charge in [0.15, 0.2) is 0 Å². The van der Waals surface area contributed by atoms with E-state index in [4.69, 9.17) is 4.74 Å². The molecule has 0 radical (unpaired) electrons. The lowest BCUT2D eigenvalue weighted by Crippen LogP contribution is -2.40. The van der Waals surface area contributed by atoms with Crippen molar-refractivity contribution in [2.24, 2.45) is 0 Å². The number of rotatable bonds is 7.